The van der Waals surface area contributed by atoms with Crippen LogP contribution in [0.2, 0.25) is 0 Å². The number of benzene rings is 3. The number of fused-ring (bicyclic) bond motifs is 5. The first-order valence-corrected chi connectivity index (χ1v) is 13.7. The molecule has 3 heteroatoms. The van der Waals surface area contributed by atoms with E-state index in [1.807, 2.05) is 4.90 Å². The number of unbranched alkanes of at least 4 members (excludes halogenated alkanes) is 1. The Morgan fingerprint density at radius 1 is 0.917 bits per heavy atom. The predicted octanol–water partition coefficient (Wildman–Crippen LogP) is 7.99. The topological polar surface area (TPSA) is 29.5 Å². The smallest absolute Gasteiger partial charge is 0.410 e. The van der Waals surface area contributed by atoms with E-state index in [4.69, 9.17) is 4.74 Å². The van der Waals surface area contributed by atoms with Gasteiger partial charge in [0.2, 0.25) is 0 Å². The van der Waals surface area contributed by atoms with Crippen molar-refractivity contribution in [3.8, 4) is 11.1 Å². The second kappa shape index (κ2) is 9.97. The summed E-state index contributed by atoms with van der Waals surface area (Å²) in [7, 11) is 0. The molecule has 3 nitrogen and oxygen atoms in total. The second-order valence-corrected chi connectivity index (χ2v) is 10.6. The van der Waals surface area contributed by atoms with Crippen LogP contribution in [-0.4, -0.2) is 29.7 Å². The summed E-state index contributed by atoms with van der Waals surface area (Å²) in [6.45, 7) is 2.63. The fourth-order valence-corrected chi connectivity index (χ4v) is 6.46. The van der Waals surface area contributed by atoms with Gasteiger partial charge in [-0.3, -0.25) is 4.90 Å². The lowest BCUT2D eigenvalue weighted by molar-refractivity contribution is 0.0539. The third kappa shape index (κ3) is 4.25. The molecule has 2 unspecified atom stereocenters. The predicted molar refractivity (Wildman–Crippen MR) is 146 cm³/mol. The van der Waals surface area contributed by atoms with E-state index in [1.54, 1.807) is 0 Å². The molecule has 0 spiro atoms. The molecule has 1 amide bonds. The van der Waals surface area contributed by atoms with E-state index >= 15 is 0 Å². The van der Waals surface area contributed by atoms with E-state index in [2.05, 4.69) is 85.8 Å². The first kappa shape index (κ1) is 23.1. The van der Waals surface area contributed by atoms with E-state index in [1.165, 1.54) is 58.2 Å². The minimum Gasteiger partial charge on any atom is -0.448 e. The van der Waals surface area contributed by atoms with E-state index in [-0.39, 0.29) is 24.1 Å². The standard InChI is InChI=1S/C33H35NO2/c1-2-3-9-23-16-18-24(19-17-23)25-20-26-10-8-11-27(21-25)34(26)33(35)36-22-32-30-14-6-4-12-28(30)29-13-5-7-15-31(29)32/h4-7,12-20,26-27,32H,2-3,8-11,21-22H2,1H3. The molecule has 2 heterocycles. The zero-order chi connectivity index (χ0) is 24.5. The Morgan fingerprint density at radius 3 is 2.28 bits per heavy atom. The Kier molecular flexibility index (Phi) is 6.39. The van der Waals surface area contributed by atoms with Gasteiger partial charge in [0.25, 0.3) is 0 Å². The number of amides is 1. The molecule has 3 aromatic rings. The van der Waals surface area contributed by atoms with Crippen molar-refractivity contribution in [2.75, 3.05) is 6.61 Å². The summed E-state index contributed by atoms with van der Waals surface area (Å²) in [6.07, 6.45) is 9.93. The van der Waals surface area contributed by atoms with Gasteiger partial charge in [0.05, 0.1) is 6.04 Å². The molecule has 36 heavy (non-hydrogen) atoms. The average molecular weight is 478 g/mol. The van der Waals surface area contributed by atoms with Gasteiger partial charge in [0.1, 0.15) is 6.61 Å². The van der Waals surface area contributed by atoms with Gasteiger partial charge in [0.15, 0.2) is 0 Å². The monoisotopic (exact) mass is 477 g/mol. The highest BCUT2D eigenvalue weighted by molar-refractivity contribution is 5.79. The van der Waals surface area contributed by atoms with E-state index in [9.17, 15) is 4.79 Å². The number of rotatable bonds is 6. The molecule has 0 radical (unpaired) electrons. The number of hydrogen-bond donors (Lipinski definition) is 0. The Bertz CT molecular complexity index is 1230. The van der Waals surface area contributed by atoms with Crippen LogP contribution in [0, 0.1) is 0 Å². The molecule has 1 fully saturated rings. The van der Waals surface area contributed by atoms with Crippen molar-refractivity contribution < 1.29 is 9.53 Å². The highest BCUT2D eigenvalue weighted by atomic mass is 16.6. The molecule has 2 aliphatic heterocycles. The highest BCUT2D eigenvalue weighted by Crippen LogP contribution is 2.45. The van der Waals surface area contributed by atoms with Crippen molar-refractivity contribution in [3.05, 3.63) is 101 Å². The number of nitrogens with zero attached hydrogens (tertiary/aromatic N) is 1. The van der Waals surface area contributed by atoms with Crippen LogP contribution in [-0.2, 0) is 11.2 Å². The molecule has 6 rings (SSSR count). The Hall–Kier alpha value is -3.33. The van der Waals surface area contributed by atoms with Crippen molar-refractivity contribution in [1.82, 2.24) is 4.90 Å². The zero-order valence-corrected chi connectivity index (χ0v) is 21.2. The van der Waals surface area contributed by atoms with E-state index in [0.717, 1.165) is 25.7 Å². The molecule has 2 atom stereocenters. The van der Waals surface area contributed by atoms with Gasteiger partial charge in [-0.25, -0.2) is 4.79 Å². The quantitative estimate of drug-likeness (QED) is 0.360. The summed E-state index contributed by atoms with van der Waals surface area (Å²) < 4.78 is 6.07. The highest BCUT2D eigenvalue weighted by Gasteiger charge is 2.39. The molecule has 0 saturated carbocycles. The van der Waals surface area contributed by atoms with Crippen molar-refractivity contribution in [1.29, 1.82) is 0 Å². The number of hydrogen-bond acceptors (Lipinski definition) is 2. The van der Waals surface area contributed by atoms with Crippen LogP contribution in [0.15, 0.2) is 78.9 Å². The van der Waals surface area contributed by atoms with E-state index < -0.39 is 0 Å². The Morgan fingerprint density at radius 2 is 1.61 bits per heavy atom. The maximum absolute atomic E-state index is 13.5. The summed E-state index contributed by atoms with van der Waals surface area (Å²) in [5.41, 5.74) is 9.14. The van der Waals surface area contributed by atoms with Crippen molar-refractivity contribution in [2.24, 2.45) is 0 Å². The third-order valence-electron chi connectivity index (χ3n) is 8.33. The molecule has 2 bridgehead atoms. The van der Waals surface area contributed by atoms with Crippen LogP contribution in [0.4, 0.5) is 4.79 Å². The summed E-state index contributed by atoms with van der Waals surface area (Å²) >= 11 is 0. The molecule has 3 aliphatic rings. The van der Waals surface area contributed by atoms with Gasteiger partial charge in [-0.05, 0) is 77.5 Å². The molecule has 1 aliphatic carbocycles. The lowest BCUT2D eigenvalue weighted by Gasteiger charge is -2.44. The first-order chi connectivity index (χ1) is 17.7. The number of carbonyl (C=O) groups excluding carboxylic acids is 1. The van der Waals surface area contributed by atoms with Gasteiger partial charge < -0.3 is 4.74 Å². The van der Waals surface area contributed by atoms with Gasteiger partial charge in [0, 0.05) is 12.0 Å². The lowest BCUT2D eigenvalue weighted by atomic mass is 9.83. The molecular weight excluding hydrogens is 442 g/mol. The van der Waals surface area contributed by atoms with Crippen LogP contribution in [0.1, 0.15) is 73.6 Å². The normalized spacial score (nSPS) is 20.5. The largest absolute Gasteiger partial charge is 0.448 e. The van der Waals surface area contributed by atoms with Crippen LogP contribution in [0.3, 0.4) is 0 Å². The van der Waals surface area contributed by atoms with Crippen molar-refractivity contribution >= 4 is 11.7 Å². The average Bonchev–Trinajstić information content (AvgIpc) is 3.24. The van der Waals surface area contributed by atoms with Crippen LogP contribution in [0.5, 0.6) is 0 Å². The maximum Gasteiger partial charge on any atom is 0.410 e. The van der Waals surface area contributed by atoms with Gasteiger partial charge in [-0.1, -0.05) is 92.2 Å². The zero-order valence-electron chi connectivity index (χ0n) is 21.2. The fourth-order valence-electron chi connectivity index (χ4n) is 6.46. The van der Waals surface area contributed by atoms with Crippen LogP contribution in [0.25, 0.3) is 16.7 Å². The van der Waals surface area contributed by atoms with E-state index in [0.29, 0.717) is 6.61 Å². The summed E-state index contributed by atoms with van der Waals surface area (Å²) in [4.78, 5) is 15.5. The molecule has 184 valence electrons. The number of aryl methyl sites for hydroxylation is 1. The Labute approximate surface area is 214 Å². The maximum atomic E-state index is 13.5. The minimum atomic E-state index is -0.156. The second-order valence-electron chi connectivity index (χ2n) is 10.6. The van der Waals surface area contributed by atoms with Crippen LogP contribution >= 0.6 is 0 Å². The molecular formula is C33H35NO2. The number of ether oxygens (including phenoxy) is 1. The molecule has 0 aromatic heterocycles. The van der Waals surface area contributed by atoms with Gasteiger partial charge >= 0.3 is 6.09 Å². The number of piperidine rings is 1. The molecule has 0 N–H and O–H groups in total. The van der Waals surface area contributed by atoms with Crippen molar-refractivity contribution in [2.45, 2.75) is 69.9 Å². The third-order valence-corrected chi connectivity index (χ3v) is 8.33. The first-order valence-electron chi connectivity index (χ1n) is 13.7. The fraction of sp³-hybridized carbons (Fsp3) is 0.364. The minimum absolute atomic E-state index is 0.100. The van der Waals surface area contributed by atoms with Crippen molar-refractivity contribution in [3.63, 3.8) is 0 Å². The summed E-state index contributed by atoms with van der Waals surface area (Å²) in [6, 6.07) is 26.5. The number of carbonyl (C=O) groups is 1. The van der Waals surface area contributed by atoms with Crippen LogP contribution < -0.4 is 0 Å². The lowest BCUT2D eigenvalue weighted by Crippen LogP contribution is -2.51. The molecule has 3 aromatic carbocycles. The Balaban J connectivity index is 1.17. The van der Waals surface area contributed by atoms with Gasteiger partial charge in [-0.15, -0.1) is 0 Å². The molecule has 1 saturated heterocycles. The SMILES string of the molecule is CCCCc1ccc(C2=CC3CCCC(C2)N3C(=O)OCC2c3ccccc3-c3ccccc32)cc1. The summed E-state index contributed by atoms with van der Waals surface area (Å²) in [5, 5.41) is 0. The summed E-state index contributed by atoms with van der Waals surface area (Å²) in [5.74, 6) is 0.100. The van der Waals surface area contributed by atoms with Gasteiger partial charge in [-0.2, -0.15) is 0 Å².